The third-order valence-electron chi connectivity index (χ3n) is 10.9. The van der Waals surface area contributed by atoms with Crippen molar-refractivity contribution in [3.63, 3.8) is 0 Å². The van der Waals surface area contributed by atoms with E-state index in [0.29, 0.717) is 5.95 Å². The maximum Gasteiger partial charge on any atom is 0.235 e. The average molecular weight is 817 g/mol. The Morgan fingerprint density at radius 3 is 1.95 bits per heavy atom. The highest BCUT2D eigenvalue weighted by Gasteiger charge is 2.21. The molecular formula is C49H29IN4O. The summed E-state index contributed by atoms with van der Waals surface area (Å²) in [7, 11) is 0. The summed E-state index contributed by atoms with van der Waals surface area (Å²) in [6.07, 6.45) is 6.60. The Labute approximate surface area is 324 Å². The highest BCUT2D eigenvalue weighted by atomic mass is 127. The summed E-state index contributed by atoms with van der Waals surface area (Å²) in [6, 6.07) is 54.0. The first-order chi connectivity index (χ1) is 27.3. The first-order valence-electron chi connectivity index (χ1n) is 18.4. The lowest BCUT2D eigenvalue weighted by Crippen LogP contribution is -2.03. The third-order valence-corrected chi connectivity index (χ3v) is 13.2. The molecule has 1 aliphatic heterocycles. The topological polar surface area (TPSA) is 48.8 Å². The molecule has 258 valence electrons. The molecule has 5 heterocycles. The predicted molar refractivity (Wildman–Crippen MR) is 239 cm³/mol. The van der Waals surface area contributed by atoms with Gasteiger partial charge in [-0.05, 0) is 69.7 Å². The summed E-state index contributed by atoms with van der Waals surface area (Å²) in [5, 5.41) is 7.91. The van der Waals surface area contributed by atoms with Crippen LogP contribution < -0.4 is 0 Å². The van der Waals surface area contributed by atoms with Crippen molar-refractivity contribution in [1.29, 1.82) is 0 Å². The SMILES string of the molecule is C1=CC=C(n2c3ccccc3c3cc(-c4ccc5c6ccccc6n(-c6nc(-c7ccccc7)c7ccc8c9ccccc9oc8c7n6)c5c4)ccc32)I=C1. The Kier molecular flexibility index (Phi) is 6.68. The van der Waals surface area contributed by atoms with E-state index in [-0.39, 0.29) is 20.7 Å². The van der Waals surface area contributed by atoms with Crippen LogP contribution in [0.1, 0.15) is 0 Å². The summed E-state index contributed by atoms with van der Waals surface area (Å²) in [5.41, 5.74) is 11.2. The van der Waals surface area contributed by atoms with E-state index in [0.717, 1.165) is 71.5 Å². The summed E-state index contributed by atoms with van der Waals surface area (Å²) in [4.78, 5) is 10.8. The molecule has 5 nitrogen and oxygen atoms in total. The van der Waals surface area contributed by atoms with E-state index in [2.05, 4.69) is 165 Å². The molecule has 0 unspecified atom stereocenters. The number of aromatic nitrogens is 4. The second-order valence-electron chi connectivity index (χ2n) is 14.0. The van der Waals surface area contributed by atoms with Crippen LogP contribution in [0.2, 0.25) is 0 Å². The summed E-state index contributed by atoms with van der Waals surface area (Å²) in [5.74, 6) is 0.607. The van der Waals surface area contributed by atoms with Gasteiger partial charge in [-0.1, -0.05) is 136 Å². The van der Waals surface area contributed by atoms with Crippen LogP contribution in [0.4, 0.5) is 0 Å². The van der Waals surface area contributed by atoms with Gasteiger partial charge < -0.3 is 8.98 Å². The molecule has 0 spiro atoms. The minimum Gasteiger partial charge on any atom is -0.454 e. The molecule has 0 aliphatic carbocycles. The Bertz CT molecular complexity index is 3490. The van der Waals surface area contributed by atoms with Gasteiger partial charge in [0.15, 0.2) is 5.58 Å². The fraction of sp³-hybridized carbons (Fsp3) is 0. The van der Waals surface area contributed by atoms with Gasteiger partial charge in [0, 0.05) is 43.3 Å². The van der Waals surface area contributed by atoms with Crippen LogP contribution in [0.5, 0.6) is 0 Å². The molecule has 11 aromatic rings. The van der Waals surface area contributed by atoms with Gasteiger partial charge in [-0.3, -0.25) is 4.57 Å². The second kappa shape index (κ2) is 11.9. The number of para-hydroxylation sites is 3. The van der Waals surface area contributed by atoms with E-state index in [4.69, 9.17) is 14.4 Å². The number of benzene rings is 7. The zero-order chi connectivity index (χ0) is 36.0. The first kappa shape index (κ1) is 30.8. The van der Waals surface area contributed by atoms with Crippen LogP contribution in [-0.2, 0) is 0 Å². The monoisotopic (exact) mass is 816 g/mol. The highest BCUT2D eigenvalue weighted by Crippen LogP contribution is 2.41. The molecule has 4 aromatic heterocycles. The number of allylic oxidation sites excluding steroid dienone is 3. The van der Waals surface area contributed by atoms with Crippen molar-refractivity contribution in [2.75, 3.05) is 0 Å². The molecule has 0 amide bonds. The lowest BCUT2D eigenvalue weighted by molar-refractivity contribution is 0.671. The Balaban J connectivity index is 1.12. The summed E-state index contributed by atoms with van der Waals surface area (Å²) < 4.78 is 15.0. The van der Waals surface area contributed by atoms with Crippen LogP contribution in [0, 0.1) is 0 Å². The van der Waals surface area contributed by atoms with Crippen LogP contribution in [0.15, 0.2) is 174 Å². The Morgan fingerprint density at radius 1 is 0.455 bits per heavy atom. The molecule has 6 heteroatoms. The highest BCUT2D eigenvalue weighted by molar-refractivity contribution is 14.2. The number of hydrogen-bond acceptors (Lipinski definition) is 3. The van der Waals surface area contributed by atoms with Gasteiger partial charge in [0.25, 0.3) is 0 Å². The van der Waals surface area contributed by atoms with E-state index in [1.807, 2.05) is 18.2 Å². The number of rotatable bonds is 4. The van der Waals surface area contributed by atoms with Gasteiger partial charge >= 0.3 is 0 Å². The van der Waals surface area contributed by atoms with E-state index in [1.165, 1.54) is 31.1 Å². The maximum absolute atomic E-state index is 6.58. The number of halogens is 1. The van der Waals surface area contributed by atoms with Crippen LogP contribution in [-0.4, -0.2) is 23.1 Å². The van der Waals surface area contributed by atoms with Gasteiger partial charge in [0.05, 0.1) is 31.5 Å². The maximum atomic E-state index is 6.58. The molecule has 12 rings (SSSR count). The van der Waals surface area contributed by atoms with Gasteiger partial charge in [-0.25, -0.2) is 9.97 Å². The van der Waals surface area contributed by atoms with Gasteiger partial charge in [0.1, 0.15) is 11.1 Å². The van der Waals surface area contributed by atoms with Crippen molar-refractivity contribution in [3.8, 4) is 28.3 Å². The molecule has 1 aliphatic rings. The largest absolute Gasteiger partial charge is 0.454 e. The molecule has 7 aromatic carbocycles. The Morgan fingerprint density at radius 2 is 1.11 bits per heavy atom. The van der Waals surface area contributed by atoms with Crippen molar-refractivity contribution in [1.82, 2.24) is 19.1 Å². The van der Waals surface area contributed by atoms with Gasteiger partial charge in [0.2, 0.25) is 5.95 Å². The molecule has 0 bridgehead atoms. The van der Waals surface area contributed by atoms with Crippen molar-refractivity contribution >= 4 is 105 Å². The first-order valence-corrected chi connectivity index (χ1v) is 20.7. The fourth-order valence-corrected chi connectivity index (χ4v) is 10.5. The van der Waals surface area contributed by atoms with E-state index >= 15 is 0 Å². The summed E-state index contributed by atoms with van der Waals surface area (Å²) in [6.45, 7) is 0. The van der Waals surface area contributed by atoms with Crippen molar-refractivity contribution in [3.05, 3.63) is 170 Å². The molecule has 0 radical (unpaired) electrons. The number of furan rings is 1. The quantitative estimate of drug-likeness (QED) is 0.166. The standard InChI is InChI=1S/C49H29IN4O/c1-2-12-30(13-3-1)46-38-25-24-37-36-16-6-9-19-44(36)55-48(37)47(38)52-49(51-46)54-41-18-8-4-14-33(41)35-23-21-32(29-43(35)54)31-22-26-42-39(28-31)34-15-5-7-17-40(34)53(42)45-20-10-11-27-50-45/h1-29H. The van der Waals surface area contributed by atoms with E-state index < -0.39 is 0 Å². The van der Waals surface area contributed by atoms with Crippen LogP contribution >= 0.6 is 20.7 Å². The van der Waals surface area contributed by atoms with Crippen molar-refractivity contribution in [2.45, 2.75) is 0 Å². The average Bonchev–Trinajstić information content (AvgIpc) is 3.91. The van der Waals surface area contributed by atoms with Crippen molar-refractivity contribution in [2.24, 2.45) is 0 Å². The third kappa shape index (κ3) is 4.61. The minimum absolute atomic E-state index is 0.217. The summed E-state index contributed by atoms with van der Waals surface area (Å²) >= 11 is -0.217. The minimum atomic E-state index is -0.217. The number of nitrogens with zero attached hydrogens (tertiary/aromatic N) is 4. The molecule has 0 atom stereocenters. The Hall–Kier alpha value is -6.64. The number of hydrogen-bond donors (Lipinski definition) is 0. The molecule has 55 heavy (non-hydrogen) atoms. The molecule has 0 saturated heterocycles. The van der Waals surface area contributed by atoms with E-state index in [1.54, 1.807) is 0 Å². The predicted octanol–water partition coefficient (Wildman–Crippen LogP) is 13.2. The normalized spacial score (nSPS) is 13.2. The second-order valence-corrected chi connectivity index (χ2v) is 16.4. The lowest BCUT2D eigenvalue weighted by atomic mass is 10.0. The molecule has 0 N–H and O–H groups in total. The fourth-order valence-electron chi connectivity index (χ4n) is 8.46. The van der Waals surface area contributed by atoms with Crippen LogP contribution in [0.3, 0.4) is 0 Å². The number of fused-ring (bicyclic) bond motifs is 11. The smallest absolute Gasteiger partial charge is 0.235 e. The van der Waals surface area contributed by atoms with Crippen molar-refractivity contribution < 1.29 is 4.42 Å². The van der Waals surface area contributed by atoms with Gasteiger partial charge in [-0.15, -0.1) is 0 Å². The molecule has 0 fully saturated rings. The van der Waals surface area contributed by atoms with E-state index in [9.17, 15) is 0 Å². The molecular weight excluding hydrogens is 787 g/mol. The zero-order valence-corrected chi connectivity index (χ0v) is 31.5. The zero-order valence-electron chi connectivity index (χ0n) is 29.3. The molecule has 0 saturated carbocycles. The van der Waals surface area contributed by atoms with Crippen LogP contribution in [0.25, 0.3) is 108 Å². The lowest BCUT2D eigenvalue weighted by Gasteiger charge is -2.12. The van der Waals surface area contributed by atoms with Gasteiger partial charge in [-0.2, -0.15) is 0 Å².